The Hall–Kier alpha value is -1.59. The summed E-state index contributed by atoms with van der Waals surface area (Å²) in [7, 11) is 1.36. The molecule has 1 fully saturated rings. The molecule has 1 heterocycles. The van der Waals surface area contributed by atoms with Gasteiger partial charge in [-0.25, -0.2) is 4.79 Å². The molecule has 0 radical (unpaired) electrons. The third-order valence-electron chi connectivity index (χ3n) is 3.91. The van der Waals surface area contributed by atoms with Gasteiger partial charge in [-0.15, -0.1) is 0 Å². The van der Waals surface area contributed by atoms with E-state index in [4.69, 9.17) is 10.5 Å². The quantitative estimate of drug-likeness (QED) is 0.643. The van der Waals surface area contributed by atoms with Crippen LogP contribution in [-0.2, 0) is 11.3 Å². The number of carbonyl (C=O) groups excluding carboxylic acids is 1. The second-order valence-corrected chi connectivity index (χ2v) is 5.18. The van der Waals surface area contributed by atoms with Crippen molar-refractivity contribution in [1.29, 1.82) is 0 Å². The molecule has 0 saturated carbocycles. The van der Waals surface area contributed by atoms with Gasteiger partial charge in [0, 0.05) is 18.3 Å². The van der Waals surface area contributed by atoms with Crippen molar-refractivity contribution in [2.24, 2.45) is 0 Å². The van der Waals surface area contributed by atoms with Crippen LogP contribution in [0.3, 0.4) is 0 Å². The molecule has 5 nitrogen and oxygen atoms in total. The lowest BCUT2D eigenvalue weighted by Gasteiger charge is -2.34. The molecular weight excluding hydrogens is 256 g/mol. The number of rotatable bonds is 4. The van der Waals surface area contributed by atoms with Crippen LogP contribution in [0.5, 0.6) is 0 Å². The van der Waals surface area contributed by atoms with Crippen LogP contribution in [0.25, 0.3) is 0 Å². The standard InChI is InChI=1S/C15H22N2O3/c1-20-15(19)14-11(5-4-7-13(14)16)9-17-8-3-2-6-12(17)10-18/h4-5,7,12,18H,2-3,6,8-10,16H2,1H3. The lowest BCUT2D eigenvalue weighted by molar-refractivity contribution is 0.0593. The van der Waals surface area contributed by atoms with Crippen LogP contribution < -0.4 is 5.73 Å². The highest BCUT2D eigenvalue weighted by molar-refractivity contribution is 5.96. The minimum atomic E-state index is -0.407. The van der Waals surface area contributed by atoms with Gasteiger partial charge in [-0.3, -0.25) is 4.90 Å². The molecule has 1 aliphatic heterocycles. The second-order valence-electron chi connectivity index (χ2n) is 5.18. The Kier molecular flexibility index (Phi) is 4.98. The van der Waals surface area contributed by atoms with Gasteiger partial charge >= 0.3 is 5.97 Å². The van der Waals surface area contributed by atoms with Gasteiger partial charge in [0.1, 0.15) is 0 Å². The molecule has 1 aliphatic rings. The molecule has 0 bridgehead atoms. The highest BCUT2D eigenvalue weighted by Crippen LogP contribution is 2.24. The summed E-state index contributed by atoms with van der Waals surface area (Å²) in [5.41, 5.74) is 7.64. The fourth-order valence-corrected chi connectivity index (χ4v) is 2.80. The third kappa shape index (κ3) is 3.11. The van der Waals surface area contributed by atoms with Crippen molar-refractivity contribution in [3.05, 3.63) is 29.3 Å². The number of nitrogens with zero attached hydrogens (tertiary/aromatic N) is 1. The average molecular weight is 278 g/mol. The van der Waals surface area contributed by atoms with Gasteiger partial charge in [-0.05, 0) is 31.0 Å². The maximum atomic E-state index is 11.9. The second kappa shape index (κ2) is 6.72. The molecule has 5 heteroatoms. The molecule has 1 aromatic rings. The average Bonchev–Trinajstić information content (AvgIpc) is 2.47. The number of ether oxygens (including phenoxy) is 1. The maximum absolute atomic E-state index is 11.9. The van der Waals surface area contributed by atoms with Gasteiger partial charge in [0.15, 0.2) is 0 Å². The Morgan fingerprint density at radius 1 is 1.50 bits per heavy atom. The molecule has 1 unspecified atom stereocenters. The van der Waals surface area contributed by atoms with Crippen molar-refractivity contribution in [2.45, 2.75) is 31.8 Å². The van der Waals surface area contributed by atoms with Crippen molar-refractivity contribution in [3.63, 3.8) is 0 Å². The van der Waals surface area contributed by atoms with Crippen LogP contribution in [0.1, 0.15) is 35.2 Å². The summed E-state index contributed by atoms with van der Waals surface area (Å²) >= 11 is 0. The Morgan fingerprint density at radius 2 is 2.30 bits per heavy atom. The Labute approximate surface area is 119 Å². The molecule has 0 aliphatic carbocycles. The minimum absolute atomic E-state index is 0.149. The minimum Gasteiger partial charge on any atom is -0.465 e. The third-order valence-corrected chi connectivity index (χ3v) is 3.91. The van der Waals surface area contributed by atoms with Crippen molar-refractivity contribution < 1.29 is 14.6 Å². The topological polar surface area (TPSA) is 75.8 Å². The molecule has 0 spiro atoms. The van der Waals surface area contributed by atoms with E-state index in [-0.39, 0.29) is 12.6 Å². The number of nitrogens with two attached hydrogens (primary N) is 1. The van der Waals surface area contributed by atoms with Gasteiger partial charge in [-0.1, -0.05) is 18.6 Å². The van der Waals surface area contributed by atoms with Gasteiger partial charge in [0.25, 0.3) is 0 Å². The zero-order valence-corrected chi connectivity index (χ0v) is 11.8. The van der Waals surface area contributed by atoms with Crippen molar-refractivity contribution in [2.75, 3.05) is 26.0 Å². The highest BCUT2D eigenvalue weighted by atomic mass is 16.5. The summed E-state index contributed by atoms with van der Waals surface area (Å²) in [6.07, 6.45) is 3.25. The molecule has 3 N–H and O–H groups in total. The largest absolute Gasteiger partial charge is 0.465 e. The Balaban J connectivity index is 2.24. The van der Waals surface area contributed by atoms with Crippen molar-refractivity contribution in [3.8, 4) is 0 Å². The zero-order valence-electron chi connectivity index (χ0n) is 11.8. The first-order valence-corrected chi connectivity index (χ1v) is 6.98. The summed E-state index contributed by atoms with van der Waals surface area (Å²) in [4.78, 5) is 14.1. The van der Waals surface area contributed by atoms with E-state index in [9.17, 15) is 9.90 Å². The number of aliphatic hydroxyl groups is 1. The Bertz CT molecular complexity index is 476. The molecule has 1 aromatic carbocycles. The molecule has 1 atom stereocenters. The van der Waals surface area contributed by atoms with Crippen molar-refractivity contribution in [1.82, 2.24) is 4.90 Å². The normalized spacial score (nSPS) is 19.8. The molecule has 1 saturated heterocycles. The number of nitrogen functional groups attached to an aromatic ring is 1. The van der Waals surface area contributed by atoms with E-state index in [0.29, 0.717) is 17.8 Å². The predicted molar refractivity (Wildman–Crippen MR) is 77.3 cm³/mol. The number of anilines is 1. The van der Waals surface area contributed by atoms with E-state index in [1.54, 1.807) is 6.07 Å². The summed E-state index contributed by atoms with van der Waals surface area (Å²) in [6, 6.07) is 5.60. The van der Waals surface area contributed by atoms with E-state index in [0.717, 1.165) is 31.4 Å². The first-order chi connectivity index (χ1) is 9.67. The van der Waals surface area contributed by atoms with E-state index < -0.39 is 5.97 Å². The van der Waals surface area contributed by atoms with Gasteiger partial charge in [0.05, 0.1) is 19.3 Å². The first-order valence-electron chi connectivity index (χ1n) is 6.98. The number of piperidine rings is 1. The number of benzene rings is 1. The molecular formula is C15H22N2O3. The molecule has 20 heavy (non-hydrogen) atoms. The van der Waals surface area contributed by atoms with Crippen LogP contribution in [0.2, 0.25) is 0 Å². The zero-order chi connectivity index (χ0) is 14.5. The van der Waals surface area contributed by atoms with Crippen LogP contribution in [0.4, 0.5) is 5.69 Å². The summed E-state index contributed by atoms with van der Waals surface area (Å²) in [5.74, 6) is -0.407. The summed E-state index contributed by atoms with van der Waals surface area (Å²) in [5, 5.41) is 9.46. The van der Waals surface area contributed by atoms with Gasteiger partial charge in [0.2, 0.25) is 0 Å². The van der Waals surface area contributed by atoms with Crippen LogP contribution in [0.15, 0.2) is 18.2 Å². The van der Waals surface area contributed by atoms with Crippen molar-refractivity contribution >= 4 is 11.7 Å². The van der Waals surface area contributed by atoms with E-state index in [1.165, 1.54) is 7.11 Å². The number of hydrogen-bond donors (Lipinski definition) is 2. The SMILES string of the molecule is COC(=O)c1c(N)cccc1CN1CCCCC1CO. The fourth-order valence-electron chi connectivity index (χ4n) is 2.80. The smallest absolute Gasteiger partial charge is 0.340 e. The number of esters is 1. The van der Waals surface area contributed by atoms with E-state index >= 15 is 0 Å². The molecule has 0 amide bonds. The lowest BCUT2D eigenvalue weighted by atomic mass is 9.99. The molecule has 0 aromatic heterocycles. The number of aliphatic hydroxyl groups excluding tert-OH is 1. The first kappa shape index (κ1) is 14.8. The maximum Gasteiger partial charge on any atom is 0.340 e. The number of likely N-dealkylation sites (tertiary alicyclic amines) is 1. The highest BCUT2D eigenvalue weighted by Gasteiger charge is 2.24. The van der Waals surface area contributed by atoms with E-state index in [2.05, 4.69) is 4.90 Å². The number of hydrogen-bond acceptors (Lipinski definition) is 5. The summed E-state index contributed by atoms with van der Waals surface area (Å²) in [6.45, 7) is 1.69. The van der Waals surface area contributed by atoms with E-state index in [1.807, 2.05) is 12.1 Å². The Morgan fingerprint density at radius 3 is 3.00 bits per heavy atom. The fraction of sp³-hybridized carbons (Fsp3) is 0.533. The number of methoxy groups -OCH3 is 1. The predicted octanol–water partition coefficient (Wildman–Crippen LogP) is 1.40. The monoisotopic (exact) mass is 278 g/mol. The molecule has 110 valence electrons. The van der Waals surface area contributed by atoms with Crippen LogP contribution >= 0.6 is 0 Å². The van der Waals surface area contributed by atoms with Crippen LogP contribution in [-0.4, -0.2) is 42.3 Å². The lowest BCUT2D eigenvalue weighted by Crippen LogP contribution is -2.41. The van der Waals surface area contributed by atoms with Gasteiger partial charge < -0.3 is 15.6 Å². The van der Waals surface area contributed by atoms with Gasteiger partial charge in [-0.2, -0.15) is 0 Å². The molecule has 2 rings (SSSR count). The number of carbonyl (C=O) groups is 1. The van der Waals surface area contributed by atoms with Crippen LogP contribution in [0, 0.1) is 0 Å². The summed E-state index contributed by atoms with van der Waals surface area (Å²) < 4.78 is 4.81.